The fourth-order valence-corrected chi connectivity index (χ4v) is 2.06. The van der Waals surface area contributed by atoms with Crippen molar-refractivity contribution in [3.8, 4) is 11.8 Å². The van der Waals surface area contributed by atoms with Crippen LogP contribution >= 0.6 is 0 Å². The van der Waals surface area contributed by atoms with Crippen molar-refractivity contribution in [2.75, 3.05) is 11.9 Å². The lowest BCUT2D eigenvalue weighted by molar-refractivity contribution is -0.123. The van der Waals surface area contributed by atoms with E-state index in [1.54, 1.807) is 48.5 Å². The third-order valence-electron chi connectivity index (χ3n) is 3.36. The van der Waals surface area contributed by atoms with Gasteiger partial charge in [0.25, 0.3) is 5.91 Å². The Morgan fingerprint density at radius 2 is 1.84 bits per heavy atom. The van der Waals surface area contributed by atoms with E-state index in [1.807, 2.05) is 13.0 Å². The van der Waals surface area contributed by atoms with Gasteiger partial charge in [0.1, 0.15) is 11.8 Å². The highest BCUT2D eigenvalue weighted by Gasteiger charge is 2.20. The highest BCUT2D eigenvalue weighted by Crippen LogP contribution is 2.16. The first kappa shape index (κ1) is 18.0. The van der Waals surface area contributed by atoms with Gasteiger partial charge in [0.05, 0.1) is 23.4 Å². The first-order chi connectivity index (χ1) is 12.0. The lowest BCUT2D eigenvalue weighted by atomic mass is 10.2. The number of ether oxygens (including phenoxy) is 2. The predicted octanol–water partition coefficient (Wildman–Crippen LogP) is 3.14. The van der Waals surface area contributed by atoms with E-state index in [2.05, 4.69) is 5.32 Å². The molecule has 0 heterocycles. The molecule has 6 heteroatoms. The van der Waals surface area contributed by atoms with E-state index in [-0.39, 0.29) is 0 Å². The molecule has 2 aromatic carbocycles. The van der Waals surface area contributed by atoms with Crippen molar-refractivity contribution in [2.45, 2.75) is 20.0 Å². The van der Waals surface area contributed by atoms with Crippen molar-refractivity contribution in [3.05, 3.63) is 59.7 Å². The zero-order valence-electron chi connectivity index (χ0n) is 14.0. The molecule has 0 aromatic heterocycles. The molecule has 0 saturated carbocycles. The number of para-hydroxylation sites is 1. The number of anilines is 1. The molecule has 1 N–H and O–H groups in total. The molecule has 0 saturated heterocycles. The summed E-state index contributed by atoms with van der Waals surface area (Å²) in [5.74, 6) is -0.473. The highest BCUT2D eigenvalue weighted by atomic mass is 16.5. The van der Waals surface area contributed by atoms with Crippen LogP contribution in [0, 0.1) is 11.3 Å². The molecular formula is C19H18N2O4. The number of esters is 1. The average molecular weight is 338 g/mol. The largest absolute Gasteiger partial charge is 0.494 e. The normalized spacial score (nSPS) is 11.1. The fourth-order valence-electron chi connectivity index (χ4n) is 2.06. The second-order valence-corrected chi connectivity index (χ2v) is 5.15. The van der Waals surface area contributed by atoms with E-state index in [9.17, 15) is 9.59 Å². The molecule has 0 aliphatic carbocycles. The quantitative estimate of drug-likeness (QED) is 0.818. The van der Waals surface area contributed by atoms with Crippen LogP contribution in [0.1, 0.15) is 29.8 Å². The molecule has 25 heavy (non-hydrogen) atoms. The number of hydrogen-bond acceptors (Lipinski definition) is 5. The van der Waals surface area contributed by atoms with Gasteiger partial charge in [0, 0.05) is 0 Å². The lowest BCUT2D eigenvalue weighted by Gasteiger charge is -2.14. The Kier molecular flexibility index (Phi) is 6.13. The van der Waals surface area contributed by atoms with Crippen molar-refractivity contribution < 1.29 is 19.1 Å². The summed E-state index contributed by atoms with van der Waals surface area (Å²) in [5, 5.41) is 11.6. The van der Waals surface area contributed by atoms with Gasteiger partial charge < -0.3 is 14.8 Å². The summed E-state index contributed by atoms with van der Waals surface area (Å²) in [6.07, 6.45) is -1.01. The van der Waals surface area contributed by atoms with Gasteiger partial charge in [-0.3, -0.25) is 4.79 Å². The molecule has 1 amide bonds. The summed E-state index contributed by atoms with van der Waals surface area (Å²) in [6, 6.07) is 15.1. The number of amides is 1. The summed E-state index contributed by atoms with van der Waals surface area (Å²) >= 11 is 0. The van der Waals surface area contributed by atoms with Crippen LogP contribution in [0.5, 0.6) is 5.75 Å². The lowest BCUT2D eigenvalue weighted by Crippen LogP contribution is -2.30. The molecule has 0 radical (unpaired) electrons. The van der Waals surface area contributed by atoms with Gasteiger partial charge in [-0.25, -0.2) is 4.79 Å². The summed E-state index contributed by atoms with van der Waals surface area (Å²) in [5.41, 5.74) is 1.03. The van der Waals surface area contributed by atoms with Gasteiger partial charge in [-0.1, -0.05) is 12.1 Å². The Morgan fingerprint density at radius 1 is 1.16 bits per heavy atom. The van der Waals surface area contributed by atoms with E-state index in [0.717, 1.165) is 0 Å². The average Bonchev–Trinajstić information content (AvgIpc) is 2.63. The van der Waals surface area contributed by atoms with Crippen molar-refractivity contribution in [1.29, 1.82) is 5.26 Å². The molecule has 1 atom stereocenters. The van der Waals surface area contributed by atoms with E-state index in [1.165, 1.54) is 6.92 Å². The van der Waals surface area contributed by atoms with Crippen molar-refractivity contribution in [2.24, 2.45) is 0 Å². The number of benzene rings is 2. The number of nitriles is 1. The molecule has 128 valence electrons. The highest BCUT2D eigenvalue weighted by molar-refractivity contribution is 5.98. The van der Waals surface area contributed by atoms with Gasteiger partial charge >= 0.3 is 5.97 Å². The van der Waals surface area contributed by atoms with Gasteiger partial charge in [0.2, 0.25) is 0 Å². The number of hydrogen-bond donors (Lipinski definition) is 1. The summed E-state index contributed by atoms with van der Waals surface area (Å²) in [6.45, 7) is 3.87. The summed E-state index contributed by atoms with van der Waals surface area (Å²) in [7, 11) is 0. The second kappa shape index (κ2) is 8.50. The Hall–Kier alpha value is -3.33. The van der Waals surface area contributed by atoms with E-state index >= 15 is 0 Å². The Balaban J connectivity index is 1.98. The molecule has 0 aliphatic rings. The third kappa shape index (κ3) is 4.82. The van der Waals surface area contributed by atoms with Crippen LogP contribution in [0.2, 0.25) is 0 Å². The number of rotatable bonds is 6. The minimum absolute atomic E-state index is 0.320. The van der Waals surface area contributed by atoms with E-state index in [0.29, 0.717) is 29.2 Å². The molecule has 0 bridgehead atoms. The zero-order valence-corrected chi connectivity index (χ0v) is 14.0. The Labute approximate surface area is 146 Å². The Morgan fingerprint density at radius 3 is 2.48 bits per heavy atom. The van der Waals surface area contributed by atoms with Gasteiger partial charge in [0.15, 0.2) is 6.10 Å². The van der Waals surface area contributed by atoms with Gasteiger partial charge in [-0.2, -0.15) is 5.26 Å². The maximum absolute atomic E-state index is 12.2. The monoisotopic (exact) mass is 338 g/mol. The SMILES string of the molecule is CCOc1ccc(C(=O)OC(C)C(=O)Nc2ccccc2C#N)cc1. The van der Waals surface area contributed by atoms with Crippen LogP contribution in [-0.2, 0) is 9.53 Å². The van der Waals surface area contributed by atoms with Crippen LogP contribution in [0.4, 0.5) is 5.69 Å². The maximum atomic E-state index is 12.2. The molecule has 2 aromatic rings. The van der Waals surface area contributed by atoms with Crippen molar-refractivity contribution in [3.63, 3.8) is 0 Å². The van der Waals surface area contributed by atoms with Crippen LogP contribution in [0.3, 0.4) is 0 Å². The Bertz CT molecular complexity index is 794. The molecule has 0 aliphatic heterocycles. The molecule has 6 nitrogen and oxygen atoms in total. The molecular weight excluding hydrogens is 320 g/mol. The smallest absolute Gasteiger partial charge is 0.338 e. The number of carbonyl (C=O) groups is 2. The van der Waals surface area contributed by atoms with Crippen molar-refractivity contribution >= 4 is 17.6 Å². The van der Waals surface area contributed by atoms with Crippen LogP contribution < -0.4 is 10.1 Å². The number of carbonyl (C=O) groups excluding carboxylic acids is 2. The van der Waals surface area contributed by atoms with Gasteiger partial charge in [-0.15, -0.1) is 0 Å². The third-order valence-corrected chi connectivity index (χ3v) is 3.36. The minimum atomic E-state index is -1.01. The van der Waals surface area contributed by atoms with Crippen molar-refractivity contribution in [1.82, 2.24) is 0 Å². The minimum Gasteiger partial charge on any atom is -0.494 e. The predicted molar refractivity (Wildman–Crippen MR) is 92.3 cm³/mol. The van der Waals surface area contributed by atoms with Crippen LogP contribution in [0.15, 0.2) is 48.5 Å². The molecule has 0 spiro atoms. The number of nitrogens with one attached hydrogen (secondary N) is 1. The zero-order chi connectivity index (χ0) is 18.2. The van der Waals surface area contributed by atoms with Gasteiger partial charge in [-0.05, 0) is 50.2 Å². The van der Waals surface area contributed by atoms with E-state index < -0.39 is 18.0 Å². The fraction of sp³-hybridized carbons (Fsp3) is 0.211. The second-order valence-electron chi connectivity index (χ2n) is 5.15. The standard InChI is InChI=1S/C19H18N2O4/c1-3-24-16-10-8-14(9-11-16)19(23)25-13(2)18(22)21-17-7-5-4-6-15(17)12-20/h4-11,13H,3H2,1-2H3,(H,21,22). The van der Waals surface area contributed by atoms with E-state index in [4.69, 9.17) is 14.7 Å². The summed E-state index contributed by atoms with van der Waals surface area (Å²) < 4.78 is 10.5. The topological polar surface area (TPSA) is 88.4 Å². The number of nitrogens with zero attached hydrogens (tertiary/aromatic N) is 1. The summed E-state index contributed by atoms with van der Waals surface area (Å²) in [4.78, 5) is 24.3. The molecule has 1 unspecified atom stereocenters. The van der Waals surface area contributed by atoms with Crippen LogP contribution in [0.25, 0.3) is 0 Å². The first-order valence-electron chi connectivity index (χ1n) is 7.79. The molecule has 0 fully saturated rings. The first-order valence-corrected chi connectivity index (χ1v) is 7.79. The van der Waals surface area contributed by atoms with Crippen LogP contribution in [-0.4, -0.2) is 24.6 Å². The maximum Gasteiger partial charge on any atom is 0.338 e. The molecule has 2 rings (SSSR count).